The fraction of sp³-hybridized carbons (Fsp3) is 0.167. The Hall–Kier alpha value is -2.49. The van der Waals surface area contributed by atoms with Gasteiger partial charge in [-0.2, -0.15) is 0 Å². The third kappa shape index (κ3) is 2.52. The van der Waals surface area contributed by atoms with E-state index >= 15 is 0 Å². The third-order valence-electron chi connectivity index (χ3n) is 3.61. The molecule has 0 saturated carbocycles. The summed E-state index contributed by atoms with van der Waals surface area (Å²) in [6, 6.07) is 7.26. The summed E-state index contributed by atoms with van der Waals surface area (Å²) in [6.45, 7) is 3.92. The van der Waals surface area contributed by atoms with Gasteiger partial charge in [-0.15, -0.1) is 0 Å². The Morgan fingerprint density at radius 3 is 2.59 bits per heavy atom. The molecule has 0 radical (unpaired) electrons. The Labute approximate surface area is 127 Å². The van der Waals surface area contributed by atoms with E-state index in [2.05, 4.69) is 0 Å². The van der Waals surface area contributed by atoms with Gasteiger partial charge in [0.25, 0.3) is 0 Å². The molecule has 2 aromatic rings. The van der Waals surface area contributed by atoms with Crippen LogP contribution in [0, 0.1) is 25.5 Å². The number of benzene rings is 2. The number of ether oxygens (including phenoxy) is 1. The molecule has 3 rings (SSSR count). The molecular weight excluding hydrogens is 286 g/mol. The lowest BCUT2D eigenvalue weighted by Gasteiger charge is -2.21. The first-order valence-electron chi connectivity index (χ1n) is 6.90. The van der Waals surface area contributed by atoms with Crippen molar-refractivity contribution in [3.63, 3.8) is 0 Å². The molecular formula is C18H14F2O2. The molecule has 22 heavy (non-hydrogen) atoms. The molecule has 112 valence electrons. The second-order valence-corrected chi connectivity index (χ2v) is 5.42. The van der Waals surface area contributed by atoms with Gasteiger partial charge in [-0.3, -0.25) is 4.79 Å². The van der Waals surface area contributed by atoms with E-state index in [-0.39, 0.29) is 12.4 Å². The van der Waals surface area contributed by atoms with Gasteiger partial charge < -0.3 is 4.74 Å². The summed E-state index contributed by atoms with van der Waals surface area (Å²) >= 11 is 0. The molecule has 0 unspecified atom stereocenters. The first-order valence-corrected chi connectivity index (χ1v) is 6.90. The van der Waals surface area contributed by atoms with Crippen LogP contribution in [0.2, 0.25) is 0 Å². The Balaban J connectivity index is 2.02. The number of rotatable bonds is 1. The fourth-order valence-electron chi connectivity index (χ4n) is 2.61. The highest BCUT2D eigenvalue weighted by Gasteiger charge is 2.25. The first-order chi connectivity index (χ1) is 10.5. The Morgan fingerprint density at radius 2 is 1.86 bits per heavy atom. The second-order valence-electron chi connectivity index (χ2n) is 5.42. The van der Waals surface area contributed by atoms with Crippen LogP contribution >= 0.6 is 0 Å². The van der Waals surface area contributed by atoms with Gasteiger partial charge in [0.2, 0.25) is 0 Å². The molecule has 0 fully saturated rings. The zero-order valence-electron chi connectivity index (χ0n) is 12.2. The number of aryl methyl sites for hydroxylation is 2. The van der Waals surface area contributed by atoms with E-state index in [9.17, 15) is 13.6 Å². The molecule has 1 heterocycles. The summed E-state index contributed by atoms with van der Waals surface area (Å²) in [5.74, 6) is -1.40. The minimum atomic E-state index is -0.939. The highest BCUT2D eigenvalue weighted by atomic mass is 19.2. The second kappa shape index (κ2) is 5.37. The van der Waals surface area contributed by atoms with Crippen molar-refractivity contribution in [3.05, 3.63) is 69.8 Å². The van der Waals surface area contributed by atoms with E-state index < -0.39 is 11.6 Å². The lowest BCUT2D eigenvalue weighted by molar-refractivity contribution is 0.100. The first kappa shape index (κ1) is 14.4. The van der Waals surface area contributed by atoms with Crippen molar-refractivity contribution in [1.29, 1.82) is 0 Å². The zero-order valence-corrected chi connectivity index (χ0v) is 12.2. The summed E-state index contributed by atoms with van der Waals surface area (Å²) in [5, 5.41) is 0. The van der Waals surface area contributed by atoms with E-state index in [1.165, 1.54) is 12.1 Å². The number of ketones is 1. The van der Waals surface area contributed by atoms with Crippen molar-refractivity contribution < 1.29 is 18.3 Å². The average molecular weight is 300 g/mol. The number of hydrogen-bond acceptors (Lipinski definition) is 2. The maximum atomic E-state index is 13.3. The number of halogens is 2. The van der Waals surface area contributed by atoms with E-state index in [1.807, 2.05) is 19.9 Å². The molecule has 0 spiro atoms. The molecule has 0 saturated heterocycles. The molecule has 0 N–H and O–H groups in total. The lowest BCUT2D eigenvalue weighted by Crippen LogP contribution is -2.20. The highest BCUT2D eigenvalue weighted by Crippen LogP contribution is 2.32. The smallest absolute Gasteiger partial charge is 0.196 e. The number of carbonyl (C=O) groups excluding carboxylic acids is 1. The van der Waals surface area contributed by atoms with Gasteiger partial charge in [0.15, 0.2) is 17.4 Å². The van der Waals surface area contributed by atoms with Crippen LogP contribution in [0.3, 0.4) is 0 Å². The number of Topliss-reactive ketones (excluding diaryl/α,β-unsaturated/α-hetero) is 1. The highest BCUT2D eigenvalue weighted by molar-refractivity contribution is 6.14. The molecule has 0 bridgehead atoms. The molecule has 0 atom stereocenters. The van der Waals surface area contributed by atoms with Crippen molar-refractivity contribution >= 4 is 11.9 Å². The lowest BCUT2D eigenvalue weighted by atomic mass is 9.95. The van der Waals surface area contributed by atoms with Crippen LogP contribution in [0.25, 0.3) is 6.08 Å². The van der Waals surface area contributed by atoms with Crippen LogP contribution < -0.4 is 4.74 Å². The summed E-state index contributed by atoms with van der Waals surface area (Å²) < 4.78 is 31.9. The summed E-state index contributed by atoms with van der Waals surface area (Å²) in [4.78, 5) is 12.6. The maximum absolute atomic E-state index is 13.3. The van der Waals surface area contributed by atoms with Crippen molar-refractivity contribution in [2.24, 2.45) is 0 Å². The van der Waals surface area contributed by atoms with Crippen LogP contribution in [-0.2, 0) is 0 Å². The van der Waals surface area contributed by atoms with E-state index in [0.717, 1.165) is 23.3 Å². The summed E-state index contributed by atoms with van der Waals surface area (Å²) in [6.07, 6.45) is 1.53. The van der Waals surface area contributed by atoms with Gasteiger partial charge >= 0.3 is 0 Å². The fourth-order valence-corrected chi connectivity index (χ4v) is 2.61. The van der Waals surface area contributed by atoms with Gasteiger partial charge in [0, 0.05) is 5.57 Å². The monoisotopic (exact) mass is 300 g/mol. The average Bonchev–Trinajstić information content (AvgIpc) is 2.46. The SMILES string of the molecule is Cc1cc(C)c2c(c1)C(=O)C(=Cc1ccc(F)c(F)c1)CO2. The van der Waals surface area contributed by atoms with Gasteiger partial charge in [-0.1, -0.05) is 12.1 Å². The van der Waals surface area contributed by atoms with Gasteiger partial charge in [0.05, 0.1) is 5.56 Å². The third-order valence-corrected chi connectivity index (χ3v) is 3.61. The number of hydrogen-bond donors (Lipinski definition) is 0. The van der Waals surface area contributed by atoms with Crippen LogP contribution in [0.15, 0.2) is 35.9 Å². The van der Waals surface area contributed by atoms with Gasteiger partial charge in [-0.05, 0) is 54.8 Å². The predicted octanol–water partition coefficient (Wildman–Crippen LogP) is 4.24. The molecule has 2 nitrogen and oxygen atoms in total. The van der Waals surface area contributed by atoms with E-state index in [0.29, 0.717) is 22.4 Å². The van der Waals surface area contributed by atoms with Gasteiger partial charge in [0.1, 0.15) is 12.4 Å². The Morgan fingerprint density at radius 1 is 1.09 bits per heavy atom. The standard InChI is InChI=1S/C18H14F2O2/c1-10-5-11(2)18-14(6-10)17(21)13(9-22-18)7-12-3-4-15(19)16(20)8-12/h3-8H,9H2,1-2H3. The van der Waals surface area contributed by atoms with Crippen LogP contribution in [0.1, 0.15) is 27.0 Å². The van der Waals surface area contributed by atoms with Crippen LogP contribution in [0.4, 0.5) is 8.78 Å². The number of fused-ring (bicyclic) bond motifs is 1. The molecule has 1 aliphatic rings. The van der Waals surface area contributed by atoms with E-state index in [4.69, 9.17) is 4.74 Å². The normalized spacial score (nSPS) is 15.6. The largest absolute Gasteiger partial charge is 0.488 e. The van der Waals surface area contributed by atoms with Crippen molar-refractivity contribution in [3.8, 4) is 5.75 Å². The zero-order chi connectivity index (χ0) is 15.9. The maximum Gasteiger partial charge on any atom is 0.196 e. The molecule has 1 aliphatic heterocycles. The van der Waals surface area contributed by atoms with Gasteiger partial charge in [-0.25, -0.2) is 8.78 Å². The minimum Gasteiger partial charge on any atom is -0.488 e. The van der Waals surface area contributed by atoms with E-state index in [1.54, 1.807) is 6.07 Å². The summed E-state index contributed by atoms with van der Waals surface area (Å²) in [5.41, 5.74) is 3.25. The number of carbonyl (C=O) groups is 1. The quantitative estimate of drug-likeness (QED) is 0.736. The Bertz CT molecular complexity index is 807. The molecule has 0 aromatic heterocycles. The van der Waals surface area contributed by atoms with Crippen molar-refractivity contribution in [1.82, 2.24) is 0 Å². The summed E-state index contributed by atoms with van der Waals surface area (Å²) in [7, 11) is 0. The minimum absolute atomic E-state index is 0.120. The molecule has 2 aromatic carbocycles. The Kier molecular flexibility index (Phi) is 3.53. The van der Waals surface area contributed by atoms with Crippen LogP contribution in [0.5, 0.6) is 5.75 Å². The topological polar surface area (TPSA) is 26.3 Å². The van der Waals surface area contributed by atoms with Crippen LogP contribution in [-0.4, -0.2) is 12.4 Å². The molecule has 4 heteroatoms. The van der Waals surface area contributed by atoms with Crippen molar-refractivity contribution in [2.75, 3.05) is 6.61 Å². The molecule has 0 aliphatic carbocycles. The molecule has 0 amide bonds. The van der Waals surface area contributed by atoms with Crippen molar-refractivity contribution in [2.45, 2.75) is 13.8 Å². The predicted molar refractivity (Wildman–Crippen MR) is 80.1 cm³/mol.